The van der Waals surface area contributed by atoms with Crippen LogP contribution in [0.25, 0.3) is 0 Å². The van der Waals surface area contributed by atoms with Gasteiger partial charge >= 0.3 is 0 Å². The highest BCUT2D eigenvalue weighted by Crippen LogP contribution is 2.18. The summed E-state index contributed by atoms with van der Waals surface area (Å²) >= 11 is 0. The van der Waals surface area contributed by atoms with Gasteiger partial charge < -0.3 is 14.7 Å². The van der Waals surface area contributed by atoms with Gasteiger partial charge in [-0.15, -0.1) is 6.58 Å². The Morgan fingerprint density at radius 1 is 1.32 bits per heavy atom. The highest BCUT2D eigenvalue weighted by molar-refractivity contribution is 5.34. The van der Waals surface area contributed by atoms with Gasteiger partial charge in [0.05, 0.1) is 12.1 Å². The van der Waals surface area contributed by atoms with Crippen LogP contribution in [0.15, 0.2) is 36.9 Å². The highest BCUT2D eigenvalue weighted by atomic mass is 16.5. The van der Waals surface area contributed by atoms with Crippen molar-refractivity contribution >= 4 is 0 Å². The second kappa shape index (κ2) is 8.35. The first-order chi connectivity index (χ1) is 10.6. The summed E-state index contributed by atoms with van der Waals surface area (Å²) in [7, 11) is 0. The number of aliphatic hydroxyl groups excluding tert-OH is 1. The smallest absolute Gasteiger partial charge is 0.137 e. The second-order valence-electron chi connectivity index (χ2n) is 6.58. The predicted molar refractivity (Wildman–Crippen MR) is 90.4 cm³/mol. The zero-order valence-corrected chi connectivity index (χ0v) is 13.9. The van der Waals surface area contributed by atoms with Crippen molar-refractivity contribution in [3.63, 3.8) is 0 Å². The van der Waals surface area contributed by atoms with Gasteiger partial charge in [-0.05, 0) is 51.2 Å². The first-order valence-electron chi connectivity index (χ1n) is 8.47. The molecule has 3 nitrogen and oxygen atoms in total. The van der Waals surface area contributed by atoms with Crippen LogP contribution < -0.4 is 9.64 Å². The van der Waals surface area contributed by atoms with Gasteiger partial charge in [-0.1, -0.05) is 24.3 Å². The summed E-state index contributed by atoms with van der Waals surface area (Å²) in [6.45, 7) is 9.49. The largest absolute Gasteiger partial charge is 0.490 e. The van der Waals surface area contributed by atoms with Crippen LogP contribution in [0.4, 0.5) is 0 Å². The van der Waals surface area contributed by atoms with E-state index in [1.165, 1.54) is 24.2 Å². The van der Waals surface area contributed by atoms with Gasteiger partial charge in [-0.2, -0.15) is 0 Å². The molecule has 0 spiro atoms. The Hall–Kier alpha value is -1.32. The number of quaternary nitrogens is 1. The van der Waals surface area contributed by atoms with E-state index in [9.17, 15) is 5.11 Å². The minimum absolute atomic E-state index is 0.358. The first kappa shape index (κ1) is 17.0. The van der Waals surface area contributed by atoms with E-state index in [1.807, 2.05) is 30.3 Å². The number of piperidine rings is 1. The number of hydrogen-bond acceptors (Lipinski definition) is 2. The SMILES string of the molecule is C=CCc1ccccc1OC[C@@H](O)C[NH+]1[C@H](C)CCC[C@@H]1C. The van der Waals surface area contributed by atoms with Crippen LogP contribution in [0.1, 0.15) is 38.7 Å². The Labute approximate surface area is 134 Å². The monoisotopic (exact) mass is 304 g/mol. The fourth-order valence-electron chi connectivity index (χ4n) is 3.47. The van der Waals surface area contributed by atoms with Crippen molar-refractivity contribution in [2.45, 2.75) is 57.7 Å². The Balaban J connectivity index is 1.87. The molecule has 4 atom stereocenters. The summed E-state index contributed by atoms with van der Waals surface area (Å²) < 4.78 is 5.85. The average Bonchev–Trinajstić information content (AvgIpc) is 2.50. The maximum atomic E-state index is 10.4. The van der Waals surface area contributed by atoms with Crippen molar-refractivity contribution in [2.24, 2.45) is 0 Å². The maximum Gasteiger partial charge on any atom is 0.137 e. The molecule has 1 heterocycles. The van der Waals surface area contributed by atoms with Gasteiger partial charge in [-0.25, -0.2) is 0 Å². The van der Waals surface area contributed by atoms with Crippen molar-refractivity contribution in [1.82, 2.24) is 0 Å². The molecule has 1 aliphatic rings. The van der Waals surface area contributed by atoms with Crippen molar-refractivity contribution in [2.75, 3.05) is 13.2 Å². The van der Waals surface area contributed by atoms with Crippen LogP contribution in [0.3, 0.4) is 0 Å². The number of allylic oxidation sites excluding steroid dienone is 1. The van der Waals surface area contributed by atoms with Crippen LogP contribution in [-0.2, 0) is 6.42 Å². The first-order valence-corrected chi connectivity index (χ1v) is 8.47. The summed E-state index contributed by atoms with van der Waals surface area (Å²) in [6, 6.07) is 9.24. The number of para-hydroxylation sites is 1. The van der Waals surface area contributed by atoms with E-state index in [2.05, 4.69) is 20.4 Å². The lowest BCUT2D eigenvalue weighted by molar-refractivity contribution is -0.954. The van der Waals surface area contributed by atoms with Gasteiger partial charge in [0.15, 0.2) is 0 Å². The molecule has 1 fully saturated rings. The number of rotatable bonds is 7. The highest BCUT2D eigenvalue weighted by Gasteiger charge is 2.30. The molecule has 122 valence electrons. The molecule has 1 unspecified atom stereocenters. The van der Waals surface area contributed by atoms with Gasteiger partial charge in [0, 0.05) is 0 Å². The van der Waals surface area contributed by atoms with E-state index in [0.29, 0.717) is 18.7 Å². The average molecular weight is 304 g/mol. The number of nitrogens with one attached hydrogen (secondary N) is 1. The molecule has 0 radical (unpaired) electrons. The molecule has 2 N–H and O–H groups in total. The van der Waals surface area contributed by atoms with Crippen LogP contribution in [0.2, 0.25) is 0 Å². The van der Waals surface area contributed by atoms with Crippen LogP contribution in [-0.4, -0.2) is 36.4 Å². The zero-order chi connectivity index (χ0) is 15.9. The Bertz CT molecular complexity index is 464. The molecule has 0 bridgehead atoms. The fraction of sp³-hybridized carbons (Fsp3) is 0.579. The molecule has 3 heteroatoms. The number of benzene rings is 1. The Kier molecular flexibility index (Phi) is 6.47. The van der Waals surface area contributed by atoms with Crippen molar-refractivity contribution in [3.8, 4) is 5.75 Å². The van der Waals surface area contributed by atoms with Gasteiger partial charge in [-0.3, -0.25) is 0 Å². The van der Waals surface area contributed by atoms with E-state index in [-0.39, 0.29) is 0 Å². The Morgan fingerprint density at radius 2 is 2.00 bits per heavy atom. The molecule has 2 rings (SSSR count). The quantitative estimate of drug-likeness (QED) is 0.756. The summed E-state index contributed by atoms with van der Waals surface area (Å²) in [6.07, 6.45) is 6.07. The molecule has 22 heavy (non-hydrogen) atoms. The maximum absolute atomic E-state index is 10.4. The molecule has 1 saturated heterocycles. The third-order valence-electron chi connectivity index (χ3n) is 4.78. The van der Waals surface area contributed by atoms with E-state index in [0.717, 1.165) is 24.3 Å². The number of likely N-dealkylation sites (tertiary alicyclic amines) is 1. The lowest BCUT2D eigenvalue weighted by atomic mass is 9.97. The Morgan fingerprint density at radius 3 is 2.68 bits per heavy atom. The lowest BCUT2D eigenvalue weighted by Crippen LogP contribution is -3.20. The molecule has 0 saturated carbocycles. The summed E-state index contributed by atoms with van der Waals surface area (Å²) in [5, 5.41) is 10.4. The lowest BCUT2D eigenvalue weighted by Gasteiger charge is -2.36. The molecular weight excluding hydrogens is 274 g/mol. The molecule has 1 aliphatic heterocycles. The summed E-state index contributed by atoms with van der Waals surface area (Å²) in [5.41, 5.74) is 1.12. The van der Waals surface area contributed by atoms with E-state index in [1.54, 1.807) is 0 Å². The topological polar surface area (TPSA) is 33.9 Å². The molecule has 1 aromatic carbocycles. The predicted octanol–water partition coefficient (Wildman–Crippen LogP) is 2.00. The molecular formula is C19H30NO2+. The van der Waals surface area contributed by atoms with Gasteiger partial charge in [0.25, 0.3) is 0 Å². The van der Waals surface area contributed by atoms with Crippen molar-refractivity contribution < 1.29 is 14.7 Å². The van der Waals surface area contributed by atoms with Gasteiger partial charge in [0.1, 0.15) is 25.0 Å². The third kappa shape index (κ3) is 4.59. The minimum atomic E-state index is -0.421. The molecule has 0 aromatic heterocycles. The van der Waals surface area contributed by atoms with Crippen LogP contribution in [0, 0.1) is 0 Å². The molecule has 0 aliphatic carbocycles. The summed E-state index contributed by atoms with van der Waals surface area (Å²) in [4.78, 5) is 1.52. The normalized spacial score (nSPS) is 26.4. The van der Waals surface area contributed by atoms with E-state index < -0.39 is 6.10 Å². The number of aliphatic hydroxyl groups is 1. The third-order valence-corrected chi connectivity index (χ3v) is 4.78. The van der Waals surface area contributed by atoms with Crippen molar-refractivity contribution in [3.05, 3.63) is 42.5 Å². The van der Waals surface area contributed by atoms with E-state index in [4.69, 9.17) is 4.74 Å². The fourth-order valence-corrected chi connectivity index (χ4v) is 3.47. The number of hydrogen-bond donors (Lipinski definition) is 2. The summed E-state index contributed by atoms with van der Waals surface area (Å²) in [5.74, 6) is 0.858. The van der Waals surface area contributed by atoms with Gasteiger partial charge in [0.2, 0.25) is 0 Å². The van der Waals surface area contributed by atoms with Crippen molar-refractivity contribution in [1.29, 1.82) is 0 Å². The van der Waals surface area contributed by atoms with E-state index >= 15 is 0 Å². The molecule has 0 amide bonds. The van der Waals surface area contributed by atoms with Crippen LogP contribution in [0.5, 0.6) is 5.75 Å². The number of ether oxygens (including phenoxy) is 1. The second-order valence-corrected chi connectivity index (χ2v) is 6.58. The van der Waals surface area contributed by atoms with Crippen LogP contribution >= 0.6 is 0 Å². The standard InChI is InChI=1S/C19H29NO2/c1-4-8-17-11-5-6-12-19(17)22-14-18(21)13-20-15(2)9-7-10-16(20)3/h4-6,11-12,15-16,18,21H,1,7-10,13-14H2,2-3H3/p+1/t15-,16+,18-/m0/s1. The molecule has 1 aromatic rings. The zero-order valence-electron chi connectivity index (χ0n) is 13.9. The minimum Gasteiger partial charge on any atom is -0.490 e.